The number of aromatic nitrogens is 1. The maximum absolute atomic E-state index is 15.5. The third-order valence-electron chi connectivity index (χ3n) is 7.65. The summed E-state index contributed by atoms with van der Waals surface area (Å²) < 4.78 is 20.8. The van der Waals surface area contributed by atoms with Gasteiger partial charge in [0.25, 0.3) is 0 Å². The number of nitrogens with zero attached hydrogens (tertiary/aromatic N) is 2. The van der Waals surface area contributed by atoms with Gasteiger partial charge in [0.1, 0.15) is 11.9 Å². The number of benzene rings is 2. The standard InChI is InChI=1S/C30H36ClFN2O3/c1-37-24-10-12-29-26(19-24)25(13-15-33-29)28(32)11-9-21-14-17-34(20-23(21)18-30(35)36)16-5-4-7-22-6-2-3-8-27(22)31/h2-3,6,8,10,12-13,15,19,21,23,28H,4-5,7,9,11,14,16-18,20H2,1H3,(H,35,36)/t21-,23+,28?/m1/s1. The maximum Gasteiger partial charge on any atom is 0.303 e. The van der Waals surface area contributed by atoms with Crippen molar-refractivity contribution in [1.82, 2.24) is 9.88 Å². The van der Waals surface area contributed by atoms with Crippen LogP contribution in [0.1, 0.15) is 55.8 Å². The smallest absolute Gasteiger partial charge is 0.303 e. The lowest BCUT2D eigenvalue weighted by Crippen LogP contribution is -2.41. The Morgan fingerprint density at radius 1 is 1.22 bits per heavy atom. The summed E-state index contributed by atoms with van der Waals surface area (Å²) in [4.78, 5) is 18.3. The molecule has 0 aliphatic carbocycles. The van der Waals surface area contributed by atoms with E-state index in [1.165, 1.54) is 5.56 Å². The molecule has 0 spiro atoms. The Hall–Kier alpha value is -2.70. The summed E-state index contributed by atoms with van der Waals surface area (Å²) in [5.74, 6) is 0.141. The van der Waals surface area contributed by atoms with Gasteiger partial charge < -0.3 is 14.7 Å². The van der Waals surface area contributed by atoms with E-state index in [0.717, 1.165) is 61.2 Å². The third-order valence-corrected chi connectivity index (χ3v) is 8.02. The van der Waals surface area contributed by atoms with Crippen molar-refractivity contribution in [3.63, 3.8) is 0 Å². The van der Waals surface area contributed by atoms with E-state index < -0.39 is 12.1 Å². The van der Waals surface area contributed by atoms with Gasteiger partial charge >= 0.3 is 5.97 Å². The van der Waals surface area contributed by atoms with Gasteiger partial charge in [-0.05, 0) is 105 Å². The van der Waals surface area contributed by atoms with E-state index in [9.17, 15) is 9.90 Å². The molecule has 198 valence electrons. The molecule has 1 N–H and O–H groups in total. The van der Waals surface area contributed by atoms with Crippen LogP contribution in [-0.4, -0.2) is 47.7 Å². The third kappa shape index (κ3) is 7.42. The number of likely N-dealkylation sites (tertiary alicyclic amines) is 1. The summed E-state index contributed by atoms with van der Waals surface area (Å²) in [6.07, 6.45) is 5.62. The second kappa shape index (κ2) is 13.2. The lowest BCUT2D eigenvalue weighted by Gasteiger charge is -2.38. The number of rotatable bonds is 12. The van der Waals surface area contributed by atoms with Crippen LogP contribution in [0.5, 0.6) is 5.75 Å². The zero-order chi connectivity index (χ0) is 26.2. The van der Waals surface area contributed by atoms with Gasteiger partial charge in [-0.2, -0.15) is 0 Å². The summed E-state index contributed by atoms with van der Waals surface area (Å²) in [5.41, 5.74) is 2.54. The molecule has 3 aromatic rings. The van der Waals surface area contributed by atoms with E-state index in [4.69, 9.17) is 16.3 Å². The second-order valence-electron chi connectivity index (χ2n) is 10.1. The minimum Gasteiger partial charge on any atom is -0.497 e. The highest BCUT2D eigenvalue weighted by atomic mass is 35.5. The Balaban J connectivity index is 1.31. The molecule has 0 amide bonds. The Morgan fingerprint density at radius 3 is 2.84 bits per heavy atom. The van der Waals surface area contributed by atoms with E-state index in [2.05, 4.69) is 16.0 Å². The molecule has 1 fully saturated rings. The van der Waals surface area contributed by atoms with Crippen molar-refractivity contribution in [1.29, 1.82) is 0 Å². The molecule has 1 unspecified atom stereocenters. The average molecular weight is 527 g/mol. The van der Waals surface area contributed by atoms with Crippen molar-refractivity contribution >= 4 is 28.5 Å². The van der Waals surface area contributed by atoms with Crippen LogP contribution in [-0.2, 0) is 11.2 Å². The molecule has 1 aromatic heterocycles. The number of fused-ring (bicyclic) bond motifs is 1. The Morgan fingerprint density at radius 2 is 2.05 bits per heavy atom. The number of aliphatic carboxylic acids is 1. The van der Waals surface area contributed by atoms with Crippen LogP contribution in [0.25, 0.3) is 10.9 Å². The lowest BCUT2D eigenvalue weighted by molar-refractivity contribution is -0.139. The van der Waals surface area contributed by atoms with Crippen LogP contribution in [0.3, 0.4) is 0 Å². The first-order chi connectivity index (χ1) is 17.9. The molecule has 0 bridgehead atoms. The number of aryl methyl sites for hydroxylation is 1. The van der Waals surface area contributed by atoms with E-state index >= 15 is 4.39 Å². The summed E-state index contributed by atoms with van der Waals surface area (Å²) in [5, 5.41) is 11.1. The minimum atomic E-state index is -1.13. The summed E-state index contributed by atoms with van der Waals surface area (Å²) in [6.45, 7) is 2.64. The molecule has 1 aliphatic rings. The first-order valence-corrected chi connectivity index (χ1v) is 13.6. The zero-order valence-corrected chi connectivity index (χ0v) is 22.2. The van der Waals surface area contributed by atoms with Gasteiger partial charge in [0, 0.05) is 29.6 Å². The van der Waals surface area contributed by atoms with Gasteiger partial charge in [0.05, 0.1) is 12.6 Å². The van der Waals surface area contributed by atoms with Gasteiger partial charge in [-0.1, -0.05) is 29.8 Å². The molecule has 1 aliphatic heterocycles. The van der Waals surface area contributed by atoms with Crippen LogP contribution in [0.2, 0.25) is 5.02 Å². The minimum absolute atomic E-state index is 0.0382. The van der Waals surface area contributed by atoms with Crippen LogP contribution in [0.4, 0.5) is 4.39 Å². The van der Waals surface area contributed by atoms with Gasteiger partial charge in [0.2, 0.25) is 0 Å². The highest BCUT2D eigenvalue weighted by molar-refractivity contribution is 6.31. The highest BCUT2D eigenvalue weighted by Crippen LogP contribution is 2.36. The summed E-state index contributed by atoms with van der Waals surface area (Å²) in [6, 6.07) is 15.2. The van der Waals surface area contributed by atoms with Crippen molar-refractivity contribution in [3.8, 4) is 5.75 Å². The normalized spacial score (nSPS) is 19.1. The van der Waals surface area contributed by atoms with E-state index in [0.29, 0.717) is 24.2 Å². The van der Waals surface area contributed by atoms with Gasteiger partial charge in [-0.25, -0.2) is 4.39 Å². The van der Waals surface area contributed by atoms with Gasteiger partial charge in [0.15, 0.2) is 0 Å². The number of hydrogen-bond acceptors (Lipinski definition) is 4. The number of pyridine rings is 1. The van der Waals surface area contributed by atoms with E-state index in [1.807, 2.05) is 36.4 Å². The number of alkyl halides is 1. The van der Waals surface area contributed by atoms with Crippen LogP contribution >= 0.6 is 11.6 Å². The van der Waals surface area contributed by atoms with Crippen LogP contribution in [0.15, 0.2) is 54.7 Å². The van der Waals surface area contributed by atoms with Gasteiger partial charge in [-0.3, -0.25) is 9.78 Å². The molecule has 37 heavy (non-hydrogen) atoms. The molecular weight excluding hydrogens is 491 g/mol. The highest BCUT2D eigenvalue weighted by Gasteiger charge is 2.31. The molecule has 5 nitrogen and oxygen atoms in total. The average Bonchev–Trinajstić information content (AvgIpc) is 2.90. The molecular formula is C30H36ClFN2O3. The largest absolute Gasteiger partial charge is 0.497 e. The van der Waals surface area contributed by atoms with Crippen LogP contribution in [0, 0.1) is 11.8 Å². The fraction of sp³-hybridized carbons (Fsp3) is 0.467. The monoisotopic (exact) mass is 526 g/mol. The molecule has 7 heteroatoms. The number of halogens is 2. The lowest BCUT2D eigenvalue weighted by atomic mass is 9.79. The molecule has 1 saturated heterocycles. The number of ether oxygens (including phenoxy) is 1. The Labute approximate surface area is 223 Å². The topological polar surface area (TPSA) is 62.7 Å². The van der Waals surface area contributed by atoms with Gasteiger partial charge in [-0.15, -0.1) is 0 Å². The van der Waals surface area contributed by atoms with E-state index in [1.54, 1.807) is 19.4 Å². The SMILES string of the molecule is COc1ccc2nccc(C(F)CC[C@@H]3CCN(CCCCc4ccccc4Cl)C[C@@H]3CC(=O)O)c2c1. The first kappa shape index (κ1) is 27.3. The second-order valence-corrected chi connectivity index (χ2v) is 10.5. The van der Waals surface area contributed by atoms with Crippen molar-refractivity contribution in [2.45, 2.75) is 51.1 Å². The number of piperidine rings is 1. The quantitative estimate of drug-likeness (QED) is 0.254. The number of carboxylic acids is 1. The number of methoxy groups -OCH3 is 1. The molecule has 4 rings (SSSR count). The van der Waals surface area contributed by atoms with Crippen molar-refractivity contribution in [3.05, 3.63) is 70.9 Å². The van der Waals surface area contributed by atoms with Crippen molar-refractivity contribution in [2.24, 2.45) is 11.8 Å². The van der Waals surface area contributed by atoms with E-state index in [-0.39, 0.29) is 18.3 Å². The summed E-state index contributed by atoms with van der Waals surface area (Å²) >= 11 is 6.27. The first-order valence-electron chi connectivity index (χ1n) is 13.2. The number of carbonyl (C=O) groups is 1. The predicted molar refractivity (Wildman–Crippen MR) is 146 cm³/mol. The number of hydrogen-bond donors (Lipinski definition) is 1. The maximum atomic E-state index is 15.5. The molecule has 2 heterocycles. The fourth-order valence-corrected chi connectivity index (χ4v) is 5.84. The molecule has 2 aromatic carbocycles. The molecule has 0 saturated carbocycles. The number of carboxylic acid groups (broad SMARTS) is 1. The van der Waals surface area contributed by atoms with Crippen molar-refractivity contribution in [2.75, 3.05) is 26.7 Å². The predicted octanol–water partition coefficient (Wildman–Crippen LogP) is 7.12. The molecule has 0 radical (unpaired) electrons. The Kier molecular flexibility index (Phi) is 9.75. The number of unbranched alkanes of at least 4 members (excludes halogenated alkanes) is 1. The fourth-order valence-electron chi connectivity index (χ4n) is 5.61. The Bertz CT molecular complexity index is 1190. The van der Waals surface area contributed by atoms with Crippen LogP contribution < -0.4 is 4.74 Å². The zero-order valence-electron chi connectivity index (χ0n) is 21.4. The molecule has 3 atom stereocenters. The van der Waals surface area contributed by atoms with Crippen molar-refractivity contribution < 1.29 is 19.0 Å². The summed E-state index contributed by atoms with van der Waals surface area (Å²) in [7, 11) is 1.60.